The Kier molecular flexibility index (Phi) is 9.08. The quantitative estimate of drug-likeness (QED) is 0.496. The molecule has 31 heavy (non-hydrogen) atoms. The van der Waals surface area contributed by atoms with Gasteiger partial charge in [-0.05, 0) is 59.6 Å². The second-order valence-corrected chi connectivity index (χ2v) is 10.6. The van der Waals surface area contributed by atoms with Gasteiger partial charge in [0.15, 0.2) is 0 Å². The number of nitrogens with one attached hydrogen (secondary N) is 1. The lowest BCUT2D eigenvalue weighted by Crippen LogP contribution is -2.51. The summed E-state index contributed by atoms with van der Waals surface area (Å²) in [6, 6.07) is 13.4. The number of sulfonamides is 1. The van der Waals surface area contributed by atoms with E-state index in [9.17, 15) is 18.0 Å². The predicted molar refractivity (Wildman–Crippen MR) is 129 cm³/mol. The molecule has 0 saturated carbocycles. The van der Waals surface area contributed by atoms with Gasteiger partial charge in [-0.15, -0.1) is 0 Å². The predicted octanol–water partition coefficient (Wildman–Crippen LogP) is 3.53. The number of carbonyl (C=O) groups excluding carboxylic acids is 2. The number of amides is 2. The third kappa shape index (κ3) is 7.05. The van der Waals surface area contributed by atoms with Crippen molar-refractivity contribution in [1.82, 2.24) is 10.2 Å². The summed E-state index contributed by atoms with van der Waals surface area (Å²) in [7, 11) is -3.76. The topological polar surface area (TPSA) is 86.8 Å². The third-order valence-electron chi connectivity index (χ3n) is 4.56. The standard InChI is InChI=1S/C21H25Br2N3O4S/c1-4-24-21(28)15(2)25(13-16-8-7-9-17(22)12-16)20(27)14-26(31(3,29)30)19-11-6-5-10-18(19)23/h5-12,15H,4,13-14H2,1-3H3,(H,24,28)/t15-/m1/s1. The van der Waals surface area contributed by atoms with Crippen molar-refractivity contribution in [2.75, 3.05) is 23.7 Å². The van der Waals surface area contributed by atoms with Crippen molar-refractivity contribution < 1.29 is 18.0 Å². The number of rotatable bonds is 9. The molecule has 1 N–H and O–H groups in total. The lowest BCUT2D eigenvalue weighted by Gasteiger charge is -2.31. The minimum Gasteiger partial charge on any atom is -0.355 e. The van der Waals surface area contributed by atoms with Gasteiger partial charge in [-0.2, -0.15) is 0 Å². The fraction of sp³-hybridized carbons (Fsp3) is 0.333. The Balaban J connectivity index is 2.40. The molecular formula is C21H25Br2N3O4S. The first kappa shape index (κ1) is 25.4. The maximum atomic E-state index is 13.3. The van der Waals surface area contributed by atoms with Gasteiger partial charge in [0.2, 0.25) is 21.8 Å². The van der Waals surface area contributed by atoms with Crippen molar-refractivity contribution in [3.63, 3.8) is 0 Å². The fourth-order valence-electron chi connectivity index (χ4n) is 2.99. The van der Waals surface area contributed by atoms with Gasteiger partial charge in [0.1, 0.15) is 12.6 Å². The summed E-state index contributed by atoms with van der Waals surface area (Å²) in [5.41, 5.74) is 1.16. The zero-order valence-corrected chi connectivity index (χ0v) is 21.5. The molecule has 2 amide bonds. The molecule has 0 radical (unpaired) electrons. The lowest BCUT2D eigenvalue weighted by molar-refractivity contribution is -0.139. The van der Waals surface area contributed by atoms with E-state index in [2.05, 4.69) is 37.2 Å². The van der Waals surface area contributed by atoms with Crippen LogP contribution in [0, 0.1) is 0 Å². The minimum atomic E-state index is -3.76. The number of hydrogen-bond donors (Lipinski definition) is 1. The molecule has 10 heteroatoms. The average Bonchev–Trinajstić information content (AvgIpc) is 2.69. The Bertz CT molecular complexity index is 1050. The van der Waals surface area contributed by atoms with Crippen LogP contribution in [-0.4, -0.2) is 50.5 Å². The summed E-state index contributed by atoms with van der Waals surface area (Å²) < 4.78 is 27.4. The molecule has 1 atom stereocenters. The van der Waals surface area contributed by atoms with Crippen molar-refractivity contribution in [2.24, 2.45) is 0 Å². The van der Waals surface area contributed by atoms with Crippen LogP contribution in [0.1, 0.15) is 19.4 Å². The molecule has 0 heterocycles. The summed E-state index contributed by atoms with van der Waals surface area (Å²) in [6.07, 6.45) is 1.05. The molecular weight excluding hydrogens is 550 g/mol. The van der Waals surface area contributed by atoms with Crippen LogP contribution in [0.2, 0.25) is 0 Å². The fourth-order valence-corrected chi connectivity index (χ4v) is 4.91. The normalized spacial score (nSPS) is 12.2. The molecule has 0 spiro atoms. The van der Waals surface area contributed by atoms with Crippen LogP contribution in [0.4, 0.5) is 5.69 Å². The number of para-hydroxylation sites is 1. The molecule has 2 aromatic carbocycles. The van der Waals surface area contributed by atoms with E-state index in [1.54, 1.807) is 38.1 Å². The van der Waals surface area contributed by atoms with Crippen LogP contribution in [0.25, 0.3) is 0 Å². The Labute approximate surface area is 200 Å². The smallest absolute Gasteiger partial charge is 0.244 e. The number of benzene rings is 2. The molecule has 2 rings (SSSR count). The van der Waals surface area contributed by atoms with Gasteiger partial charge >= 0.3 is 0 Å². The molecule has 0 aliphatic carbocycles. The summed E-state index contributed by atoms with van der Waals surface area (Å²) in [6.45, 7) is 3.57. The Morgan fingerprint density at radius 3 is 2.35 bits per heavy atom. The van der Waals surface area contributed by atoms with Crippen LogP contribution < -0.4 is 9.62 Å². The van der Waals surface area contributed by atoms with Crippen LogP contribution in [-0.2, 0) is 26.2 Å². The Hall–Kier alpha value is -1.91. The molecule has 7 nitrogen and oxygen atoms in total. The molecule has 0 aromatic heterocycles. The van der Waals surface area contributed by atoms with E-state index >= 15 is 0 Å². The SMILES string of the molecule is CCNC(=O)[C@@H](C)N(Cc1cccc(Br)c1)C(=O)CN(c1ccccc1Br)S(C)(=O)=O. The third-order valence-corrected chi connectivity index (χ3v) is 6.85. The summed E-state index contributed by atoms with van der Waals surface area (Å²) in [5.74, 6) is -0.794. The summed E-state index contributed by atoms with van der Waals surface area (Å²) in [4.78, 5) is 27.2. The summed E-state index contributed by atoms with van der Waals surface area (Å²) in [5, 5.41) is 2.72. The first-order chi connectivity index (χ1) is 14.5. The highest BCUT2D eigenvalue weighted by Gasteiger charge is 2.30. The molecule has 0 aliphatic heterocycles. The molecule has 2 aromatic rings. The number of likely N-dealkylation sites (N-methyl/N-ethyl adjacent to an activating group) is 1. The van der Waals surface area contributed by atoms with Gasteiger partial charge in [0, 0.05) is 22.0 Å². The molecule has 168 valence electrons. The van der Waals surface area contributed by atoms with Crippen LogP contribution in [0.15, 0.2) is 57.5 Å². The average molecular weight is 575 g/mol. The first-order valence-electron chi connectivity index (χ1n) is 9.58. The van der Waals surface area contributed by atoms with Crippen LogP contribution >= 0.6 is 31.9 Å². The van der Waals surface area contributed by atoms with Crippen LogP contribution in [0.5, 0.6) is 0 Å². The number of anilines is 1. The highest BCUT2D eigenvalue weighted by atomic mass is 79.9. The monoisotopic (exact) mass is 573 g/mol. The van der Waals surface area contributed by atoms with Gasteiger partial charge < -0.3 is 10.2 Å². The zero-order chi connectivity index (χ0) is 23.2. The van der Waals surface area contributed by atoms with Crippen molar-refractivity contribution in [3.8, 4) is 0 Å². The van der Waals surface area contributed by atoms with Gasteiger partial charge in [0.25, 0.3) is 0 Å². The van der Waals surface area contributed by atoms with Crippen molar-refractivity contribution in [1.29, 1.82) is 0 Å². The minimum absolute atomic E-state index is 0.157. The molecule has 0 unspecified atom stereocenters. The van der Waals surface area contributed by atoms with E-state index < -0.39 is 28.5 Å². The van der Waals surface area contributed by atoms with Crippen molar-refractivity contribution in [2.45, 2.75) is 26.4 Å². The zero-order valence-electron chi connectivity index (χ0n) is 17.5. The van der Waals surface area contributed by atoms with E-state index in [4.69, 9.17) is 0 Å². The second-order valence-electron chi connectivity index (χ2n) is 6.94. The van der Waals surface area contributed by atoms with E-state index in [0.717, 1.165) is 20.6 Å². The lowest BCUT2D eigenvalue weighted by atomic mass is 10.1. The van der Waals surface area contributed by atoms with Gasteiger partial charge in [-0.1, -0.05) is 40.2 Å². The van der Waals surface area contributed by atoms with E-state index in [1.807, 2.05) is 24.3 Å². The van der Waals surface area contributed by atoms with Crippen LogP contribution in [0.3, 0.4) is 0 Å². The van der Waals surface area contributed by atoms with Gasteiger partial charge in [-0.3, -0.25) is 13.9 Å². The number of carbonyl (C=O) groups is 2. The maximum absolute atomic E-state index is 13.3. The van der Waals surface area contributed by atoms with E-state index in [0.29, 0.717) is 16.7 Å². The molecule has 0 bridgehead atoms. The number of nitrogens with zero attached hydrogens (tertiary/aromatic N) is 2. The molecule has 0 saturated heterocycles. The van der Waals surface area contributed by atoms with E-state index in [-0.39, 0.29) is 12.5 Å². The number of hydrogen-bond acceptors (Lipinski definition) is 4. The molecule has 0 fully saturated rings. The Morgan fingerprint density at radius 2 is 1.77 bits per heavy atom. The maximum Gasteiger partial charge on any atom is 0.244 e. The largest absolute Gasteiger partial charge is 0.355 e. The first-order valence-corrected chi connectivity index (χ1v) is 13.0. The summed E-state index contributed by atoms with van der Waals surface area (Å²) >= 11 is 6.76. The van der Waals surface area contributed by atoms with Crippen molar-refractivity contribution in [3.05, 3.63) is 63.0 Å². The van der Waals surface area contributed by atoms with Gasteiger partial charge in [0.05, 0.1) is 11.9 Å². The highest BCUT2D eigenvalue weighted by molar-refractivity contribution is 9.10. The second kappa shape index (κ2) is 11.1. The van der Waals surface area contributed by atoms with E-state index in [1.165, 1.54) is 4.90 Å². The van der Waals surface area contributed by atoms with Gasteiger partial charge in [-0.25, -0.2) is 8.42 Å². The van der Waals surface area contributed by atoms with Crippen molar-refractivity contribution >= 4 is 59.4 Å². The molecule has 0 aliphatic rings. The Morgan fingerprint density at radius 1 is 1.10 bits per heavy atom. The highest BCUT2D eigenvalue weighted by Crippen LogP contribution is 2.28. The number of halogens is 2.